The number of benzene rings is 1. The Balaban J connectivity index is 2.93. The monoisotopic (exact) mass is 299 g/mol. The second kappa shape index (κ2) is 5.23. The first-order valence-electron chi connectivity index (χ1n) is 4.93. The number of sulfonamides is 1. The molecule has 0 saturated heterocycles. The third-order valence-corrected chi connectivity index (χ3v) is 3.21. The number of nitrogens with two attached hydrogens (primary N) is 2. The summed E-state index contributed by atoms with van der Waals surface area (Å²) >= 11 is 0. The number of anilines is 2. The minimum atomic E-state index is -4.78. The van der Waals surface area contributed by atoms with Gasteiger partial charge >= 0.3 is 6.18 Å². The molecular formula is C9H12F3N3O3S. The first-order valence-corrected chi connectivity index (χ1v) is 6.48. The zero-order valence-corrected chi connectivity index (χ0v) is 10.3. The summed E-state index contributed by atoms with van der Waals surface area (Å²) in [5.74, 6) is 0. The summed E-state index contributed by atoms with van der Waals surface area (Å²) < 4.78 is 58.5. The SMILES string of the molecule is Nc1c(NCC(O)C(F)(F)F)cccc1S(N)(=O)=O. The number of para-hydroxylation sites is 1. The average Bonchev–Trinajstić information content (AvgIpc) is 2.24. The molecular weight excluding hydrogens is 287 g/mol. The van der Waals surface area contributed by atoms with Gasteiger partial charge in [-0.1, -0.05) is 6.07 Å². The van der Waals surface area contributed by atoms with Crippen molar-refractivity contribution in [3.63, 3.8) is 0 Å². The maximum Gasteiger partial charge on any atom is 0.416 e. The van der Waals surface area contributed by atoms with Crippen LogP contribution in [0.4, 0.5) is 24.5 Å². The Hall–Kier alpha value is -1.52. The van der Waals surface area contributed by atoms with E-state index in [4.69, 9.17) is 16.0 Å². The number of halogens is 3. The van der Waals surface area contributed by atoms with Crippen molar-refractivity contribution in [2.75, 3.05) is 17.6 Å². The minimum absolute atomic E-state index is 0.0603. The summed E-state index contributed by atoms with van der Waals surface area (Å²) in [6.45, 7) is -0.859. The number of hydrogen-bond acceptors (Lipinski definition) is 5. The van der Waals surface area contributed by atoms with Gasteiger partial charge in [-0.15, -0.1) is 0 Å². The summed E-state index contributed by atoms with van der Waals surface area (Å²) in [7, 11) is -4.07. The second-order valence-electron chi connectivity index (χ2n) is 3.70. The molecule has 0 aromatic heterocycles. The molecule has 0 heterocycles. The van der Waals surface area contributed by atoms with E-state index in [1.165, 1.54) is 12.1 Å². The molecule has 0 fully saturated rings. The van der Waals surface area contributed by atoms with Gasteiger partial charge in [-0.3, -0.25) is 0 Å². The zero-order valence-electron chi connectivity index (χ0n) is 9.48. The van der Waals surface area contributed by atoms with E-state index >= 15 is 0 Å². The van der Waals surface area contributed by atoms with Gasteiger partial charge in [-0.2, -0.15) is 13.2 Å². The van der Waals surface area contributed by atoms with E-state index in [1.807, 2.05) is 0 Å². The molecule has 6 N–H and O–H groups in total. The van der Waals surface area contributed by atoms with Gasteiger partial charge in [0.05, 0.1) is 11.4 Å². The summed E-state index contributed by atoms with van der Waals surface area (Å²) in [6, 6.07) is 3.65. The van der Waals surface area contributed by atoms with E-state index in [2.05, 4.69) is 5.32 Å². The standard InChI is InChI=1S/C9H12F3N3O3S/c10-9(11,12)7(16)4-15-5-2-1-3-6(8(5)13)19(14,17)18/h1-3,7,15-16H,4,13H2,(H2,14,17,18). The number of nitrogens with one attached hydrogen (secondary N) is 1. The van der Waals surface area contributed by atoms with Gasteiger partial charge in [0, 0.05) is 6.54 Å². The maximum absolute atomic E-state index is 12.1. The van der Waals surface area contributed by atoms with Gasteiger partial charge in [0.1, 0.15) is 4.90 Å². The largest absolute Gasteiger partial charge is 0.416 e. The molecule has 0 bridgehead atoms. The lowest BCUT2D eigenvalue weighted by Gasteiger charge is -2.17. The van der Waals surface area contributed by atoms with Gasteiger partial charge in [0.2, 0.25) is 10.0 Å². The normalized spacial score (nSPS) is 14.2. The van der Waals surface area contributed by atoms with Crippen molar-refractivity contribution in [1.82, 2.24) is 0 Å². The average molecular weight is 299 g/mol. The highest BCUT2D eigenvalue weighted by molar-refractivity contribution is 7.89. The van der Waals surface area contributed by atoms with Gasteiger partial charge in [0.25, 0.3) is 0 Å². The molecule has 6 nitrogen and oxygen atoms in total. The van der Waals surface area contributed by atoms with E-state index in [0.717, 1.165) is 6.07 Å². The highest BCUT2D eigenvalue weighted by Gasteiger charge is 2.37. The number of nitrogen functional groups attached to an aromatic ring is 1. The van der Waals surface area contributed by atoms with Crippen LogP contribution < -0.4 is 16.2 Å². The molecule has 1 aromatic carbocycles. The smallest absolute Gasteiger partial charge is 0.396 e. The van der Waals surface area contributed by atoms with Crippen molar-refractivity contribution in [3.8, 4) is 0 Å². The molecule has 0 saturated carbocycles. The number of aliphatic hydroxyl groups excluding tert-OH is 1. The van der Waals surface area contributed by atoms with Gasteiger partial charge in [-0.05, 0) is 12.1 Å². The molecule has 10 heteroatoms. The predicted octanol–water partition coefficient (Wildman–Crippen LogP) is 0.251. The molecule has 1 rings (SSSR count). The summed E-state index contributed by atoms with van der Waals surface area (Å²) in [6.07, 6.45) is -7.37. The van der Waals surface area contributed by atoms with Crippen LogP contribution in [0.25, 0.3) is 0 Å². The Kier molecular flexibility index (Phi) is 4.28. The number of primary sulfonamides is 1. The number of alkyl halides is 3. The van der Waals surface area contributed by atoms with E-state index in [9.17, 15) is 21.6 Å². The lowest BCUT2D eigenvalue weighted by atomic mass is 10.2. The van der Waals surface area contributed by atoms with E-state index < -0.39 is 33.7 Å². The van der Waals surface area contributed by atoms with Crippen molar-refractivity contribution in [2.24, 2.45) is 5.14 Å². The quantitative estimate of drug-likeness (QED) is 0.594. The topological polar surface area (TPSA) is 118 Å². The van der Waals surface area contributed by atoms with Crippen molar-refractivity contribution in [3.05, 3.63) is 18.2 Å². The Labute approximate surface area is 107 Å². The molecule has 1 atom stereocenters. The van der Waals surface area contributed by atoms with Crippen molar-refractivity contribution in [2.45, 2.75) is 17.2 Å². The third-order valence-electron chi connectivity index (χ3n) is 2.24. The molecule has 108 valence electrons. The van der Waals surface area contributed by atoms with Crippen LogP contribution in [-0.2, 0) is 10.0 Å². The Morgan fingerprint density at radius 3 is 2.42 bits per heavy atom. The van der Waals surface area contributed by atoms with Crippen LogP contribution in [0.15, 0.2) is 23.1 Å². The molecule has 0 spiro atoms. The summed E-state index contributed by atoms with van der Waals surface area (Å²) in [5, 5.41) is 15.9. The maximum atomic E-state index is 12.1. The first kappa shape index (κ1) is 15.5. The third kappa shape index (κ3) is 3.98. The number of hydrogen-bond donors (Lipinski definition) is 4. The van der Waals surface area contributed by atoms with Crippen LogP contribution in [0, 0.1) is 0 Å². The highest BCUT2D eigenvalue weighted by atomic mass is 32.2. The van der Waals surface area contributed by atoms with Crippen molar-refractivity contribution < 1.29 is 26.7 Å². The van der Waals surface area contributed by atoms with Crippen molar-refractivity contribution in [1.29, 1.82) is 0 Å². The summed E-state index contributed by atoms with van der Waals surface area (Å²) in [5.41, 5.74) is 5.11. The van der Waals surface area contributed by atoms with Crippen LogP contribution >= 0.6 is 0 Å². The van der Waals surface area contributed by atoms with Crippen LogP contribution in [0.5, 0.6) is 0 Å². The van der Waals surface area contributed by atoms with Gasteiger partial charge in [-0.25, -0.2) is 13.6 Å². The minimum Gasteiger partial charge on any atom is -0.396 e. The van der Waals surface area contributed by atoms with Crippen LogP contribution in [0.2, 0.25) is 0 Å². The lowest BCUT2D eigenvalue weighted by Crippen LogP contribution is -2.35. The fourth-order valence-corrected chi connectivity index (χ4v) is 1.95. The first-order chi connectivity index (χ1) is 8.53. The van der Waals surface area contributed by atoms with Gasteiger partial charge < -0.3 is 16.2 Å². The van der Waals surface area contributed by atoms with Crippen LogP contribution in [-0.4, -0.2) is 32.3 Å². The molecule has 1 aromatic rings. The van der Waals surface area contributed by atoms with E-state index in [-0.39, 0.29) is 11.4 Å². The van der Waals surface area contributed by atoms with Crippen LogP contribution in [0.3, 0.4) is 0 Å². The second-order valence-corrected chi connectivity index (χ2v) is 5.23. The van der Waals surface area contributed by atoms with Gasteiger partial charge in [0.15, 0.2) is 6.10 Å². The Bertz CT molecular complexity index is 560. The van der Waals surface area contributed by atoms with E-state index in [0.29, 0.717) is 0 Å². The highest BCUT2D eigenvalue weighted by Crippen LogP contribution is 2.27. The molecule has 0 amide bonds. The van der Waals surface area contributed by atoms with Crippen LogP contribution in [0.1, 0.15) is 0 Å². The lowest BCUT2D eigenvalue weighted by molar-refractivity contribution is -0.198. The van der Waals surface area contributed by atoms with E-state index in [1.54, 1.807) is 0 Å². The van der Waals surface area contributed by atoms with Crippen molar-refractivity contribution >= 4 is 21.4 Å². The Morgan fingerprint density at radius 2 is 1.95 bits per heavy atom. The predicted molar refractivity (Wildman–Crippen MR) is 62.8 cm³/mol. The zero-order chi connectivity index (χ0) is 14.8. The fourth-order valence-electron chi connectivity index (χ4n) is 1.27. The molecule has 19 heavy (non-hydrogen) atoms. The molecule has 0 aliphatic heterocycles. The molecule has 0 radical (unpaired) electrons. The number of aliphatic hydroxyl groups is 1. The Morgan fingerprint density at radius 1 is 1.37 bits per heavy atom. The summed E-state index contributed by atoms with van der Waals surface area (Å²) in [4.78, 5) is -0.404. The number of rotatable bonds is 4. The molecule has 0 aliphatic rings. The fraction of sp³-hybridized carbons (Fsp3) is 0.333. The molecule has 0 aliphatic carbocycles. The molecule has 1 unspecified atom stereocenters.